The summed E-state index contributed by atoms with van der Waals surface area (Å²) in [5.74, 6) is -3.00. The van der Waals surface area contributed by atoms with E-state index in [0.717, 1.165) is 12.1 Å². The second kappa shape index (κ2) is 12.7. The summed E-state index contributed by atoms with van der Waals surface area (Å²) >= 11 is 0. The summed E-state index contributed by atoms with van der Waals surface area (Å²) in [5.41, 5.74) is 5.99. The van der Waals surface area contributed by atoms with Gasteiger partial charge in [0.25, 0.3) is 0 Å². The number of primary amides is 1. The van der Waals surface area contributed by atoms with Gasteiger partial charge >= 0.3 is 6.09 Å². The second-order valence-electron chi connectivity index (χ2n) is 10.8. The molecular weight excluding hydrogens is 610 g/mol. The SMILES string of the molecule is COC(=O)Nc1ccc(S(=O)(=O)C2CC2)c([C@H]2CCCN2C(=O)[C@@H](Nc2cc(C(N)=O)ccc2F)c2ccc(F)c(OC)c2)c1. The van der Waals surface area contributed by atoms with Crippen LogP contribution in [0, 0.1) is 11.6 Å². The molecule has 3 amide bonds. The highest BCUT2D eigenvalue weighted by molar-refractivity contribution is 7.92. The zero-order valence-electron chi connectivity index (χ0n) is 24.5. The minimum absolute atomic E-state index is 0.00863. The summed E-state index contributed by atoms with van der Waals surface area (Å²) in [6, 6.07) is 9.48. The Kier molecular flexibility index (Phi) is 8.96. The first-order valence-electron chi connectivity index (χ1n) is 14.2. The molecule has 5 rings (SSSR count). The van der Waals surface area contributed by atoms with E-state index in [1.165, 1.54) is 61.6 Å². The fourth-order valence-electron chi connectivity index (χ4n) is 5.48. The molecule has 1 aliphatic heterocycles. The highest BCUT2D eigenvalue weighted by Gasteiger charge is 2.42. The van der Waals surface area contributed by atoms with Crippen LogP contribution in [0.4, 0.5) is 25.0 Å². The van der Waals surface area contributed by atoms with E-state index in [0.29, 0.717) is 31.2 Å². The van der Waals surface area contributed by atoms with E-state index >= 15 is 4.39 Å². The number of amides is 3. The molecule has 2 atom stereocenters. The predicted octanol–water partition coefficient (Wildman–Crippen LogP) is 4.70. The second-order valence-corrected chi connectivity index (χ2v) is 13.0. The number of methoxy groups -OCH3 is 2. The van der Waals surface area contributed by atoms with Crippen molar-refractivity contribution >= 4 is 39.1 Å². The Morgan fingerprint density at radius 3 is 2.38 bits per heavy atom. The minimum Gasteiger partial charge on any atom is -0.494 e. The Bertz CT molecular complexity index is 1760. The van der Waals surface area contributed by atoms with E-state index in [9.17, 15) is 27.2 Å². The number of halogens is 2. The molecule has 45 heavy (non-hydrogen) atoms. The quantitative estimate of drug-likeness (QED) is 0.287. The van der Waals surface area contributed by atoms with E-state index in [1.54, 1.807) is 0 Å². The van der Waals surface area contributed by atoms with Gasteiger partial charge in [-0.05, 0) is 85.3 Å². The lowest BCUT2D eigenvalue weighted by Gasteiger charge is -2.31. The minimum atomic E-state index is -3.74. The number of sulfone groups is 1. The molecule has 2 fully saturated rings. The van der Waals surface area contributed by atoms with E-state index in [-0.39, 0.29) is 39.7 Å². The highest BCUT2D eigenvalue weighted by Crippen LogP contribution is 2.43. The number of likely N-dealkylation sites (tertiary alicyclic amines) is 1. The van der Waals surface area contributed by atoms with Crippen LogP contribution in [-0.2, 0) is 19.4 Å². The number of benzene rings is 3. The monoisotopic (exact) mass is 642 g/mol. The van der Waals surface area contributed by atoms with Crippen LogP contribution in [0.15, 0.2) is 59.5 Å². The van der Waals surface area contributed by atoms with Gasteiger partial charge in [0.2, 0.25) is 11.8 Å². The first-order chi connectivity index (χ1) is 21.4. The first-order valence-corrected chi connectivity index (χ1v) is 15.7. The molecule has 14 heteroatoms. The smallest absolute Gasteiger partial charge is 0.411 e. The molecule has 1 aliphatic carbocycles. The molecule has 1 saturated carbocycles. The molecule has 2 aliphatic rings. The normalized spacial score (nSPS) is 17.0. The summed E-state index contributed by atoms with van der Waals surface area (Å²) in [7, 11) is -1.28. The number of hydrogen-bond acceptors (Lipinski definition) is 8. The van der Waals surface area contributed by atoms with Crippen molar-refractivity contribution in [1.29, 1.82) is 0 Å². The Morgan fingerprint density at radius 2 is 1.71 bits per heavy atom. The van der Waals surface area contributed by atoms with Crippen LogP contribution < -0.4 is 21.1 Å². The third-order valence-electron chi connectivity index (χ3n) is 7.91. The van der Waals surface area contributed by atoms with Crippen LogP contribution >= 0.6 is 0 Å². The summed E-state index contributed by atoms with van der Waals surface area (Å²) in [4.78, 5) is 39.7. The summed E-state index contributed by atoms with van der Waals surface area (Å²) in [6.07, 6.45) is 1.19. The van der Waals surface area contributed by atoms with Gasteiger partial charge in [-0.2, -0.15) is 0 Å². The highest BCUT2D eigenvalue weighted by atomic mass is 32.2. The third kappa shape index (κ3) is 6.55. The fraction of sp³-hybridized carbons (Fsp3) is 0.323. The van der Waals surface area contributed by atoms with Crippen molar-refractivity contribution in [3.63, 3.8) is 0 Å². The van der Waals surface area contributed by atoms with Crippen molar-refractivity contribution in [2.45, 2.75) is 47.9 Å². The number of nitrogens with one attached hydrogen (secondary N) is 2. The Morgan fingerprint density at radius 1 is 0.978 bits per heavy atom. The molecule has 0 spiro atoms. The van der Waals surface area contributed by atoms with Gasteiger partial charge in [0.05, 0.1) is 36.1 Å². The average Bonchev–Trinajstić information content (AvgIpc) is 3.78. The molecule has 0 bridgehead atoms. The van der Waals surface area contributed by atoms with Gasteiger partial charge in [-0.25, -0.2) is 22.0 Å². The molecule has 3 aromatic carbocycles. The third-order valence-corrected chi connectivity index (χ3v) is 10.2. The number of rotatable bonds is 10. The summed E-state index contributed by atoms with van der Waals surface area (Å²) < 4.78 is 66.2. The maximum Gasteiger partial charge on any atom is 0.411 e. The number of nitrogens with two attached hydrogens (primary N) is 1. The van der Waals surface area contributed by atoms with Gasteiger partial charge in [-0.1, -0.05) is 6.07 Å². The standard InChI is InChI=1S/C31H32F2N4O7S/c1-43-26-15-17(5-11-23(26)33)28(36-24-14-18(29(34)38)6-10-22(24)32)30(39)37-13-3-4-25(37)21-16-19(35-31(40)44-2)7-12-27(21)45(41,42)20-8-9-20/h5-7,10-12,14-16,20,25,28,36H,3-4,8-9,13H2,1-2H3,(H2,34,38)(H,35,40)/t25-,28+/m1/s1. The number of ether oxygens (including phenoxy) is 2. The zero-order valence-corrected chi connectivity index (χ0v) is 25.3. The van der Waals surface area contributed by atoms with Crippen molar-refractivity contribution < 1.29 is 41.1 Å². The van der Waals surface area contributed by atoms with E-state index in [4.69, 9.17) is 10.5 Å². The maximum atomic E-state index is 15.0. The fourth-order valence-corrected chi connectivity index (χ4v) is 7.38. The Labute approximate surface area is 258 Å². The van der Waals surface area contributed by atoms with Crippen LogP contribution in [0.2, 0.25) is 0 Å². The molecule has 4 N–H and O–H groups in total. The van der Waals surface area contributed by atoms with Gasteiger partial charge in [-0.15, -0.1) is 0 Å². The maximum absolute atomic E-state index is 15.0. The van der Waals surface area contributed by atoms with Gasteiger partial charge < -0.3 is 25.4 Å². The van der Waals surface area contributed by atoms with Crippen LogP contribution in [-0.4, -0.2) is 57.2 Å². The molecule has 0 aromatic heterocycles. The molecule has 238 valence electrons. The summed E-state index contributed by atoms with van der Waals surface area (Å²) in [6.45, 7) is 0.224. The van der Waals surface area contributed by atoms with E-state index in [1.807, 2.05) is 0 Å². The zero-order chi connectivity index (χ0) is 32.5. The predicted molar refractivity (Wildman–Crippen MR) is 161 cm³/mol. The Hall–Kier alpha value is -4.72. The number of carbonyl (C=O) groups is 3. The lowest BCUT2D eigenvalue weighted by Crippen LogP contribution is -2.38. The van der Waals surface area contributed by atoms with E-state index in [2.05, 4.69) is 15.4 Å². The topological polar surface area (TPSA) is 157 Å². The van der Waals surface area contributed by atoms with Crippen LogP contribution in [0.1, 0.15) is 59.3 Å². The Balaban J connectivity index is 1.59. The average molecular weight is 643 g/mol. The molecule has 3 aromatic rings. The van der Waals surface area contributed by atoms with Crippen molar-refractivity contribution in [1.82, 2.24) is 4.90 Å². The first kappa shape index (κ1) is 31.7. The molecule has 11 nitrogen and oxygen atoms in total. The molecule has 0 radical (unpaired) electrons. The van der Waals surface area contributed by atoms with Crippen LogP contribution in [0.3, 0.4) is 0 Å². The van der Waals surface area contributed by atoms with E-state index < -0.39 is 56.7 Å². The van der Waals surface area contributed by atoms with Crippen molar-refractivity contribution in [3.05, 3.63) is 82.9 Å². The van der Waals surface area contributed by atoms with Gasteiger partial charge in [0, 0.05) is 17.8 Å². The van der Waals surface area contributed by atoms with Crippen LogP contribution in [0.5, 0.6) is 5.75 Å². The van der Waals surface area contributed by atoms with Gasteiger partial charge in [-0.3, -0.25) is 14.9 Å². The largest absolute Gasteiger partial charge is 0.494 e. The van der Waals surface area contributed by atoms with Gasteiger partial charge in [0.1, 0.15) is 11.9 Å². The molecule has 0 unspecified atom stereocenters. The van der Waals surface area contributed by atoms with Gasteiger partial charge in [0.15, 0.2) is 21.4 Å². The number of nitrogens with zero attached hydrogens (tertiary/aromatic N) is 1. The number of anilines is 2. The molecule has 1 heterocycles. The van der Waals surface area contributed by atoms with Crippen molar-refractivity contribution in [3.8, 4) is 5.75 Å². The number of hydrogen-bond donors (Lipinski definition) is 3. The van der Waals surface area contributed by atoms with Crippen molar-refractivity contribution in [2.24, 2.45) is 5.73 Å². The number of carbonyl (C=O) groups excluding carboxylic acids is 3. The molecular formula is C31H32F2N4O7S. The lowest BCUT2D eigenvalue weighted by atomic mass is 10.0. The van der Waals surface area contributed by atoms with Crippen molar-refractivity contribution in [2.75, 3.05) is 31.4 Å². The molecule has 1 saturated heterocycles. The summed E-state index contributed by atoms with van der Waals surface area (Å²) in [5, 5.41) is 4.86. The van der Waals surface area contributed by atoms with Crippen LogP contribution in [0.25, 0.3) is 0 Å². The lowest BCUT2D eigenvalue weighted by molar-refractivity contribution is -0.133.